The number of carbonyl (C=O) groups excluding carboxylic acids is 1. The monoisotopic (exact) mass is 415 g/mol. The van der Waals surface area contributed by atoms with Crippen LogP contribution in [0.3, 0.4) is 0 Å². The molecule has 6 heteroatoms. The number of rotatable bonds is 5. The Balaban J connectivity index is 1.73. The molecule has 0 aliphatic rings. The minimum absolute atomic E-state index is 0.147. The molecule has 0 spiro atoms. The summed E-state index contributed by atoms with van der Waals surface area (Å²) >= 11 is 3.35. The molecule has 3 rings (SSSR count). The highest BCUT2D eigenvalue weighted by Gasteiger charge is 2.11. The Morgan fingerprint density at radius 2 is 2.00 bits per heavy atom. The quantitative estimate of drug-likeness (QED) is 0.613. The Morgan fingerprint density at radius 1 is 1.19 bits per heavy atom. The molecule has 134 valence electrons. The molecule has 0 fully saturated rings. The molecule has 0 aliphatic carbocycles. The SMILES string of the molecule is CC(C)c1cc(=O)oc2cc(OCC(=O)Nc3cccc(Br)c3)ccc12. The Hall–Kier alpha value is -2.60. The molecule has 26 heavy (non-hydrogen) atoms. The molecule has 1 N–H and O–H groups in total. The largest absolute Gasteiger partial charge is 0.484 e. The van der Waals surface area contributed by atoms with Crippen LogP contribution in [-0.2, 0) is 4.79 Å². The van der Waals surface area contributed by atoms with Crippen LogP contribution in [0.15, 0.2) is 62.2 Å². The third-order valence-corrected chi connectivity index (χ3v) is 4.34. The number of amides is 1. The first-order valence-electron chi connectivity index (χ1n) is 8.18. The summed E-state index contributed by atoms with van der Waals surface area (Å²) in [5.74, 6) is 0.385. The van der Waals surface area contributed by atoms with Crippen molar-refractivity contribution in [1.82, 2.24) is 0 Å². The fourth-order valence-corrected chi connectivity index (χ4v) is 3.05. The first kappa shape index (κ1) is 18.2. The van der Waals surface area contributed by atoms with E-state index in [2.05, 4.69) is 21.2 Å². The van der Waals surface area contributed by atoms with Crippen LogP contribution in [0, 0.1) is 0 Å². The first-order valence-corrected chi connectivity index (χ1v) is 8.97. The smallest absolute Gasteiger partial charge is 0.336 e. The third kappa shape index (κ3) is 4.32. The fraction of sp³-hybridized carbons (Fsp3) is 0.200. The van der Waals surface area contributed by atoms with Crippen LogP contribution in [-0.4, -0.2) is 12.5 Å². The van der Waals surface area contributed by atoms with Crippen molar-refractivity contribution in [2.24, 2.45) is 0 Å². The Morgan fingerprint density at radius 3 is 2.73 bits per heavy atom. The van der Waals surface area contributed by atoms with Crippen molar-refractivity contribution in [3.05, 3.63) is 69.0 Å². The van der Waals surface area contributed by atoms with E-state index in [1.807, 2.05) is 32.0 Å². The lowest BCUT2D eigenvalue weighted by molar-refractivity contribution is -0.118. The lowest BCUT2D eigenvalue weighted by atomic mass is 10.00. The lowest BCUT2D eigenvalue weighted by Gasteiger charge is -2.11. The number of halogens is 1. The van der Waals surface area contributed by atoms with Crippen LogP contribution >= 0.6 is 15.9 Å². The van der Waals surface area contributed by atoms with Gasteiger partial charge < -0.3 is 14.5 Å². The van der Waals surface area contributed by atoms with Gasteiger partial charge in [0, 0.05) is 27.7 Å². The second kappa shape index (κ2) is 7.74. The maximum Gasteiger partial charge on any atom is 0.336 e. The molecule has 0 aliphatic heterocycles. The first-order chi connectivity index (χ1) is 12.4. The van der Waals surface area contributed by atoms with Gasteiger partial charge in [0.2, 0.25) is 0 Å². The summed E-state index contributed by atoms with van der Waals surface area (Å²) in [6, 6.07) is 14.1. The molecule has 0 unspecified atom stereocenters. The lowest BCUT2D eigenvalue weighted by Crippen LogP contribution is -2.20. The molecule has 2 aromatic carbocycles. The normalized spacial score (nSPS) is 10.9. The maximum absolute atomic E-state index is 12.0. The number of ether oxygens (including phenoxy) is 1. The van der Waals surface area contributed by atoms with E-state index in [1.54, 1.807) is 24.3 Å². The molecule has 0 atom stereocenters. The van der Waals surface area contributed by atoms with Gasteiger partial charge in [0.1, 0.15) is 11.3 Å². The van der Waals surface area contributed by atoms with Gasteiger partial charge in [-0.15, -0.1) is 0 Å². The minimum atomic E-state index is -0.397. The van der Waals surface area contributed by atoms with E-state index < -0.39 is 5.63 Å². The van der Waals surface area contributed by atoms with E-state index >= 15 is 0 Å². The molecule has 3 aromatic rings. The zero-order chi connectivity index (χ0) is 18.7. The van der Waals surface area contributed by atoms with Crippen LogP contribution < -0.4 is 15.7 Å². The molecule has 1 heterocycles. The van der Waals surface area contributed by atoms with E-state index in [-0.39, 0.29) is 18.4 Å². The van der Waals surface area contributed by atoms with E-state index in [0.29, 0.717) is 17.0 Å². The zero-order valence-electron chi connectivity index (χ0n) is 14.4. The van der Waals surface area contributed by atoms with Gasteiger partial charge in [-0.2, -0.15) is 0 Å². The maximum atomic E-state index is 12.0. The third-order valence-electron chi connectivity index (χ3n) is 3.85. The molecule has 5 nitrogen and oxygen atoms in total. The number of fused-ring (bicyclic) bond motifs is 1. The molecule has 0 saturated heterocycles. The van der Waals surface area contributed by atoms with Crippen molar-refractivity contribution in [3.63, 3.8) is 0 Å². The minimum Gasteiger partial charge on any atom is -0.484 e. The van der Waals surface area contributed by atoms with Gasteiger partial charge in [-0.1, -0.05) is 35.8 Å². The fourth-order valence-electron chi connectivity index (χ4n) is 2.65. The van der Waals surface area contributed by atoms with E-state index in [4.69, 9.17) is 9.15 Å². The second-order valence-electron chi connectivity index (χ2n) is 6.18. The molecule has 0 radical (unpaired) electrons. The van der Waals surface area contributed by atoms with Crippen molar-refractivity contribution in [1.29, 1.82) is 0 Å². The summed E-state index contributed by atoms with van der Waals surface area (Å²) in [4.78, 5) is 23.8. The van der Waals surface area contributed by atoms with Crippen molar-refractivity contribution in [3.8, 4) is 5.75 Å². The molecular weight excluding hydrogens is 398 g/mol. The summed E-state index contributed by atoms with van der Waals surface area (Å²) in [7, 11) is 0. The highest BCUT2D eigenvalue weighted by Crippen LogP contribution is 2.27. The van der Waals surface area contributed by atoms with Crippen LogP contribution in [0.1, 0.15) is 25.3 Å². The molecule has 1 aromatic heterocycles. The van der Waals surface area contributed by atoms with E-state index in [9.17, 15) is 9.59 Å². The van der Waals surface area contributed by atoms with Gasteiger partial charge in [-0.3, -0.25) is 4.79 Å². The number of anilines is 1. The second-order valence-corrected chi connectivity index (χ2v) is 7.10. The van der Waals surface area contributed by atoms with Crippen molar-refractivity contribution in [2.45, 2.75) is 19.8 Å². The number of nitrogens with one attached hydrogen (secondary N) is 1. The van der Waals surface area contributed by atoms with Gasteiger partial charge in [0.05, 0.1) is 0 Å². The Bertz CT molecular complexity index is 1010. The van der Waals surface area contributed by atoms with Crippen LogP contribution in [0.5, 0.6) is 5.75 Å². The van der Waals surface area contributed by atoms with Gasteiger partial charge >= 0.3 is 5.63 Å². The van der Waals surface area contributed by atoms with Crippen LogP contribution in [0.2, 0.25) is 0 Å². The molecule has 1 amide bonds. The van der Waals surface area contributed by atoms with E-state index in [0.717, 1.165) is 15.4 Å². The zero-order valence-corrected chi connectivity index (χ0v) is 16.0. The van der Waals surface area contributed by atoms with Gasteiger partial charge in [0.15, 0.2) is 6.61 Å². The van der Waals surface area contributed by atoms with Crippen molar-refractivity contribution < 1.29 is 13.9 Å². The predicted octanol–water partition coefficient (Wildman–Crippen LogP) is 4.70. The van der Waals surface area contributed by atoms with Crippen LogP contribution in [0.4, 0.5) is 5.69 Å². The number of hydrogen-bond acceptors (Lipinski definition) is 4. The van der Waals surface area contributed by atoms with Crippen LogP contribution in [0.25, 0.3) is 11.0 Å². The summed E-state index contributed by atoms with van der Waals surface area (Å²) in [5, 5.41) is 3.62. The average Bonchev–Trinajstić information content (AvgIpc) is 2.58. The van der Waals surface area contributed by atoms with Gasteiger partial charge in [0.25, 0.3) is 5.91 Å². The summed E-state index contributed by atoms with van der Waals surface area (Å²) in [5.41, 5.74) is 1.66. The summed E-state index contributed by atoms with van der Waals surface area (Å²) < 4.78 is 11.7. The Kier molecular flexibility index (Phi) is 5.42. The Labute approximate surface area is 159 Å². The van der Waals surface area contributed by atoms with Crippen molar-refractivity contribution in [2.75, 3.05) is 11.9 Å². The standard InChI is InChI=1S/C20H18BrNO4/c1-12(2)17-10-20(24)26-18-9-15(6-7-16(17)18)25-11-19(23)22-14-5-3-4-13(21)8-14/h3-10,12H,11H2,1-2H3,(H,22,23). The molecule has 0 saturated carbocycles. The highest BCUT2D eigenvalue weighted by atomic mass is 79.9. The molecule has 0 bridgehead atoms. The summed E-state index contributed by atoms with van der Waals surface area (Å²) in [6.45, 7) is 3.89. The van der Waals surface area contributed by atoms with Crippen molar-refractivity contribution >= 4 is 38.5 Å². The number of carbonyl (C=O) groups is 1. The van der Waals surface area contributed by atoms with Gasteiger partial charge in [-0.25, -0.2) is 4.79 Å². The van der Waals surface area contributed by atoms with Gasteiger partial charge in [-0.05, 0) is 41.8 Å². The average molecular weight is 416 g/mol. The predicted molar refractivity (Wildman–Crippen MR) is 105 cm³/mol. The summed E-state index contributed by atoms with van der Waals surface area (Å²) in [6.07, 6.45) is 0. The number of benzene rings is 2. The highest BCUT2D eigenvalue weighted by molar-refractivity contribution is 9.10. The topological polar surface area (TPSA) is 68.5 Å². The molecular formula is C20H18BrNO4. The van der Waals surface area contributed by atoms with E-state index in [1.165, 1.54) is 6.07 Å². The number of hydrogen-bond donors (Lipinski definition) is 1.